The molecular weight excluding hydrogens is 358 g/mol. The Morgan fingerprint density at radius 3 is 2.54 bits per heavy atom. The molecular formula is C17H20ClN5O3. The van der Waals surface area contributed by atoms with Gasteiger partial charge in [0, 0.05) is 20.6 Å². The van der Waals surface area contributed by atoms with Crippen LogP contribution < -0.4 is 16.6 Å². The first-order chi connectivity index (χ1) is 12.4. The minimum absolute atomic E-state index is 0.0177. The molecule has 1 atom stereocenters. The van der Waals surface area contributed by atoms with Crippen LogP contribution in [0.2, 0.25) is 0 Å². The molecule has 9 heteroatoms. The molecule has 0 amide bonds. The number of anilines is 1. The zero-order valence-corrected chi connectivity index (χ0v) is 15.3. The number of aromatic nitrogens is 4. The van der Waals surface area contributed by atoms with Crippen LogP contribution in [0.25, 0.3) is 11.2 Å². The third-order valence-electron chi connectivity index (χ3n) is 4.21. The fraction of sp³-hybridized carbons (Fsp3) is 0.353. The second kappa shape index (κ2) is 7.35. The maximum Gasteiger partial charge on any atom is 0.332 e. The highest BCUT2D eigenvalue weighted by Gasteiger charge is 2.20. The minimum atomic E-state index is -0.853. The van der Waals surface area contributed by atoms with E-state index < -0.39 is 17.4 Å². The summed E-state index contributed by atoms with van der Waals surface area (Å²) < 4.78 is 3.91. The zero-order chi connectivity index (χ0) is 18.8. The van der Waals surface area contributed by atoms with E-state index in [0.717, 1.165) is 10.1 Å². The summed E-state index contributed by atoms with van der Waals surface area (Å²) in [6.45, 7) is 0.569. The van der Waals surface area contributed by atoms with Crippen LogP contribution in [0.1, 0.15) is 5.56 Å². The lowest BCUT2D eigenvalue weighted by Gasteiger charge is -2.13. The number of halogens is 1. The molecule has 1 unspecified atom stereocenters. The number of hydrogen-bond donors (Lipinski definition) is 2. The summed E-state index contributed by atoms with van der Waals surface area (Å²) in [7, 11) is 2.97. The number of nitrogens with zero attached hydrogens (tertiary/aromatic N) is 4. The third-order valence-corrected chi connectivity index (χ3v) is 4.57. The van der Waals surface area contributed by atoms with E-state index >= 15 is 0 Å². The molecule has 2 heterocycles. The number of aliphatic hydroxyl groups is 1. The topological polar surface area (TPSA) is 94.1 Å². The van der Waals surface area contributed by atoms with Gasteiger partial charge in [0.25, 0.3) is 5.56 Å². The SMILES string of the molecule is Cn1c(=O)c2c(nc(NCc3ccccc3)n2CC(O)CCl)n(C)c1=O. The van der Waals surface area contributed by atoms with Crippen LogP contribution in [-0.2, 0) is 27.2 Å². The lowest BCUT2D eigenvalue weighted by atomic mass is 10.2. The van der Waals surface area contributed by atoms with Gasteiger partial charge >= 0.3 is 5.69 Å². The van der Waals surface area contributed by atoms with Crippen molar-refractivity contribution < 1.29 is 5.11 Å². The van der Waals surface area contributed by atoms with Crippen LogP contribution in [0.3, 0.4) is 0 Å². The Bertz CT molecular complexity index is 1040. The maximum atomic E-state index is 12.6. The molecule has 8 nitrogen and oxygen atoms in total. The normalized spacial score (nSPS) is 12.5. The molecule has 138 valence electrons. The van der Waals surface area contributed by atoms with Crippen molar-refractivity contribution in [1.29, 1.82) is 0 Å². The molecule has 0 saturated heterocycles. The van der Waals surface area contributed by atoms with Crippen LogP contribution in [0.15, 0.2) is 39.9 Å². The third kappa shape index (κ3) is 3.25. The Balaban J connectivity index is 2.13. The van der Waals surface area contributed by atoms with Crippen LogP contribution in [0.5, 0.6) is 0 Å². The minimum Gasteiger partial charge on any atom is -0.390 e. The van der Waals surface area contributed by atoms with E-state index in [9.17, 15) is 14.7 Å². The second-order valence-corrected chi connectivity index (χ2v) is 6.38. The first kappa shape index (κ1) is 18.2. The highest BCUT2D eigenvalue weighted by Crippen LogP contribution is 2.17. The summed E-state index contributed by atoms with van der Waals surface area (Å²) in [6, 6.07) is 9.70. The average Bonchev–Trinajstić information content (AvgIpc) is 3.02. The second-order valence-electron chi connectivity index (χ2n) is 6.07. The van der Waals surface area contributed by atoms with Gasteiger partial charge in [-0.25, -0.2) is 4.79 Å². The van der Waals surface area contributed by atoms with Crippen LogP contribution in [-0.4, -0.2) is 35.8 Å². The summed E-state index contributed by atoms with van der Waals surface area (Å²) in [6.07, 6.45) is -0.853. The fourth-order valence-electron chi connectivity index (χ4n) is 2.80. The molecule has 2 aromatic heterocycles. The van der Waals surface area contributed by atoms with Crippen LogP contribution in [0, 0.1) is 0 Å². The molecule has 0 spiro atoms. The summed E-state index contributed by atoms with van der Waals surface area (Å²) >= 11 is 5.73. The van der Waals surface area contributed by atoms with Gasteiger partial charge in [-0.15, -0.1) is 11.6 Å². The Morgan fingerprint density at radius 2 is 1.88 bits per heavy atom. The van der Waals surface area contributed by atoms with Crippen molar-refractivity contribution in [2.45, 2.75) is 19.2 Å². The molecule has 3 aromatic rings. The van der Waals surface area contributed by atoms with Gasteiger partial charge in [0.1, 0.15) is 0 Å². The van der Waals surface area contributed by atoms with E-state index in [1.807, 2.05) is 30.3 Å². The number of aliphatic hydroxyl groups excluding tert-OH is 1. The van der Waals surface area contributed by atoms with Crippen molar-refractivity contribution in [3.63, 3.8) is 0 Å². The molecule has 26 heavy (non-hydrogen) atoms. The van der Waals surface area contributed by atoms with E-state index in [0.29, 0.717) is 12.5 Å². The Kier molecular flexibility index (Phi) is 5.15. The highest BCUT2D eigenvalue weighted by atomic mass is 35.5. The molecule has 2 N–H and O–H groups in total. The monoisotopic (exact) mass is 377 g/mol. The first-order valence-corrected chi connectivity index (χ1v) is 8.65. The van der Waals surface area contributed by atoms with E-state index in [1.165, 1.54) is 11.6 Å². The molecule has 0 fully saturated rings. The molecule has 0 saturated carbocycles. The van der Waals surface area contributed by atoms with Gasteiger partial charge in [-0.2, -0.15) is 4.98 Å². The van der Waals surface area contributed by atoms with Gasteiger partial charge in [-0.3, -0.25) is 13.9 Å². The summed E-state index contributed by atoms with van der Waals surface area (Å²) in [5.74, 6) is 0.412. The lowest BCUT2D eigenvalue weighted by molar-refractivity contribution is 0.179. The predicted octanol–water partition coefficient (Wildman–Crippen LogP) is 0.645. The highest BCUT2D eigenvalue weighted by molar-refractivity contribution is 6.18. The van der Waals surface area contributed by atoms with Gasteiger partial charge < -0.3 is 15.0 Å². The Labute approximate surface area is 154 Å². The van der Waals surface area contributed by atoms with Gasteiger partial charge in [0.2, 0.25) is 5.95 Å². The lowest BCUT2D eigenvalue weighted by Crippen LogP contribution is -2.38. The van der Waals surface area contributed by atoms with Crippen molar-refractivity contribution in [2.75, 3.05) is 11.2 Å². The summed E-state index contributed by atoms with van der Waals surface area (Å²) in [5.41, 5.74) is 0.611. The van der Waals surface area contributed by atoms with Crippen molar-refractivity contribution in [2.24, 2.45) is 14.1 Å². The van der Waals surface area contributed by atoms with Gasteiger partial charge in [0.05, 0.1) is 18.5 Å². The van der Waals surface area contributed by atoms with E-state index in [4.69, 9.17) is 11.6 Å². The number of hydrogen-bond acceptors (Lipinski definition) is 5. The summed E-state index contributed by atoms with van der Waals surface area (Å²) in [5, 5.41) is 13.2. The predicted molar refractivity (Wildman–Crippen MR) is 101 cm³/mol. The number of alkyl halides is 1. The van der Waals surface area contributed by atoms with E-state index in [-0.39, 0.29) is 23.6 Å². The number of benzene rings is 1. The van der Waals surface area contributed by atoms with Crippen molar-refractivity contribution >= 4 is 28.7 Å². The van der Waals surface area contributed by atoms with Crippen LogP contribution >= 0.6 is 11.6 Å². The van der Waals surface area contributed by atoms with Crippen molar-refractivity contribution in [1.82, 2.24) is 18.7 Å². The fourth-order valence-corrected chi connectivity index (χ4v) is 2.89. The summed E-state index contributed by atoms with van der Waals surface area (Å²) in [4.78, 5) is 29.2. The molecule has 0 radical (unpaired) electrons. The van der Waals surface area contributed by atoms with E-state index in [2.05, 4.69) is 10.3 Å². The first-order valence-electron chi connectivity index (χ1n) is 8.12. The largest absolute Gasteiger partial charge is 0.390 e. The molecule has 3 rings (SSSR count). The smallest absolute Gasteiger partial charge is 0.332 e. The van der Waals surface area contributed by atoms with Gasteiger partial charge in [-0.05, 0) is 5.56 Å². The van der Waals surface area contributed by atoms with Gasteiger partial charge in [-0.1, -0.05) is 30.3 Å². The Morgan fingerprint density at radius 1 is 1.19 bits per heavy atom. The zero-order valence-electron chi connectivity index (χ0n) is 14.5. The molecule has 1 aromatic carbocycles. The quantitative estimate of drug-likeness (QED) is 0.615. The van der Waals surface area contributed by atoms with Gasteiger partial charge in [0.15, 0.2) is 11.2 Å². The number of nitrogens with one attached hydrogen (secondary N) is 1. The number of imidazole rings is 1. The number of fused-ring (bicyclic) bond motifs is 1. The van der Waals surface area contributed by atoms with Crippen molar-refractivity contribution in [3.05, 3.63) is 56.7 Å². The standard InChI is InChI=1S/C17H20ClN5O3/c1-21-14-13(15(25)22(2)17(21)26)23(10-12(24)8-18)16(20-14)19-9-11-6-4-3-5-7-11/h3-7,12,24H,8-10H2,1-2H3,(H,19,20). The van der Waals surface area contributed by atoms with Crippen LogP contribution in [0.4, 0.5) is 5.95 Å². The average molecular weight is 378 g/mol. The number of rotatable bonds is 6. The van der Waals surface area contributed by atoms with E-state index in [1.54, 1.807) is 11.6 Å². The Hall–Kier alpha value is -2.58. The molecule has 0 aliphatic carbocycles. The molecule has 0 aliphatic heterocycles. The van der Waals surface area contributed by atoms with Crippen molar-refractivity contribution in [3.8, 4) is 0 Å². The number of aryl methyl sites for hydroxylation is 1. The molecule has 0 bridgehead atoms. The maximum absolute atomic E-state index is 12.6. The molecule has 0 aliphatic rings.